The predicted octanol–water partition coefficient (Wildman–Crippen LogP) is 8.33. The second-order valence-corrected chi connectivity index (χ2v) is 13.5. The Kier molecular flexibility index (Phi) is 11.1. The fourth-order valence-corrected chi connectivity index (χ4v) is 5.89. The van der Waals surface area contributed by atoms with Gasteiger partial charge in [-0.05, 0) is 61.1 Å². The quantitative estimate of drug-likeness (QED) is 0.151. The number of ether oxygens (including phenoxy) is 3. The molecule has 3 aliphatic rings. The number of esters is 2. The SMILES string of the molecule is COC(=O)c1nc(C2CC2)nc(NCc2ccc3c(c2)C(C)CO3)c1Cl.COC(=O)c1nc(C2CC2)nc(NCc2cccc(C(F)(F)F)c2)c1Cl. The van der Waals surface area contributed by atoms with Crippen molar-refractivity contribution < 1.29 is 37.0 Å². The molecule has 2 aromatic carbocycles. The van der Waals surface area contributed by atoms with Crippen LogP contribution >= 0.6 is 23.2 Å². The van der Waals surface area contributed by atoms with Crippen LogP contribution in [-0.2, 0) is 28.7 Å². The molecule has 1 atom stereocenters. The van der Waals surface area contributed by atoms with E-state index < -0.39 is 23.7 Å². The molecule has 2 saturated carbocycles. The zero-order valence-electron chi connectivity index (χ0n) is 28.4. The van der Waals surface area contributed by atoms with Gasteiger partial charge in [0.15, 0.2) is 11.4 Å². The van der Waals surface area contributed by atoms with Gasteiger partial charge in [-0.3, -0.25) is 0 Å². The third kappa shape index (κ3) is 8.67. The van der Waals surface area contributed by atoms with Gasteiger partial charge in [-0.1, -0.05) is 48.3 Å². The topological polar surface area (TPSA) is 137 Å². The number of benzene rings is 2. The molecular formula is C36H35Cl2F3N6O5. The minimum atomic E-state index is -4.42. The van der Waals surface area contributed by atoms with Crippen LogP contribution in [0.1, 0.15) is 105 Å². The van der Waals surface area contributed by atoms with E-state index in [2.05, 4.69) is 48.3 Å². The normalized spacial score (nSPS) is 16.2. The Labute approximate surface area is 307 Å². The Morgan fingerprint density at radius 1 is 0.808 bits per heavy atom. The van der Waals surface area contributed by atoms with Crippen molar-refractivity contribution in [1.29, 1.82) is 0 Å². The van der Waals surface area contributed by atoms with Crippen molar-refractivity contribution in [1.82, 2.24) is 19.9 Å². The Morgan fingerprint density at radius 3 is 1.81 bits per heavy atom. The van der Waals surface area contributed by atoms with Gasteiger partial charge in [0.25, 0.3) is 0 Å². The van der Waals surface area contributed by atoms with E-state index in [1.807, 2.05) is 12.1 Å². The minimum Gasteiger partial charge on any atom is -0.493 e. The van der Waals surface area contributed by atoms with Gasteiger partial charge >= 0.3 is 18.1 Å². The summed E-state index contributed by atoms with van der Waals surface area (Å²) >= 11 is 12.5. The predicted molar refractivity (Wildman–Crippen MR) is 187 cm³/mol. The maximum absolute atomic E-state index is 12.8. The highest BCUT2D eigenvalue weighted by atomic mass is 35.5. The first kappa shape index (κ1) is 37.1. The highest BCUT2D eigenvalue weighted by Crippen LogP contribution is 2.41. The van der Waals surface area contributed by atoms with Crippen LogP contribution in [0.4, 0.5) is 24.8 Å². The molecule has 0 radical (unpaired) electrons. The average Bonchev–Trinajstić information content (AvgIpc) is 4.08. The summed E-state index contributed by atoms with van der Waals surface area (Å²) in [5.41, 5.74) is 2.04. The lowest BCUT2D eigenvalue weighted by atomic mass is 10.0. The summed E-state index contributed by atoms with van der Waals surface area (Å²) in [6.45, 7) is 3.47. The summed E-state index contributed by atoms with van der Waals surface area (Å²) in [5, 5.41) is 6.31. The second-order valence-electron chi connectivity index (χ2n) is 12.7. The summed E-state index contributed by atoms with van der Waals surface area (Å²) in [7, 11) is 2.53. The van der Waals surface area contributed by atoms with Gasteiger partial charge in [-0.15, -0.1) is 0 Å². The molecule has 16 heteroatoms. The highest BCUT2D eigenvalue weighted by molar-refractivity contribution is 6.36. The van der Waals surface area contributed by atoms with Crippen LogP contribution < -0.4 is 15.4 Å². The van der Waals surface area contributed by atoms with E-state index in [9.17, 15) is 22.8 Å². The van der Waals surface area contributed by atoms with Crippen LogP contribution in [0.5, 0.6) is 5.75 Å². The number of halogens is 5. The number of fused-ring (bicyclic) bond motifs is 1. The lowest BCUT2D eigenvalue weighted by Gasteiger charge is -2.13. The number of alkyl halides is 3. The number of hydrogen-bond donors (Lipinski definition) is 2. The van der Waals surface area contributed by atoms with Gasteiger partial charge < -0.3 is 24.8 Å². The second kappa shape index (κ2) is 15.5. The number of carbonyl (C=O) groups excluding carboxylic acids is 2. The monoisotopic (exact) mass is 758 g/mol. The summed E-state index contributed by atoms with van der Waals surface area (Å²) in [4.78, 5) is 41.1. The first-order chi connectivity index (χ1) is 24.9. The Morgan fingerprint density at radius 2 is 1.33 bits per heavy atom. The molecular weight excluding hydrogens is 724 g/mol. The molecule has 2 fully saturated rings. The third-order valence-corrected chi connectivity index (χ3v) is 9.36. The highest BCUT2D eigenvalue weighted by Gasteiger charge is 2.32. The first-order valence-electron chi connectivity index (χ1n) is 16.6. The van der Waals surface area contributed by atoms with Gasteiger partial charge in [0.05, 0.1) is 26.4 Å². The molecule has 52 heavy (non-hydrogen) atoms. The number of anilines is 2. The Bertz CT molecular complexity index is 1990. The number of carbonyl (C=O) groups is 2. The van der Waals surface area contributed by atoms with Crippen LogP contribution in [0.3, 0.4) is 0 Å². The standard InChI is InChI=1S/C19H20ClN3O3.C17H15ClF3N3O2/c1-10-9-26-14-6-3-11(7-13(10)14)8-21-18-15(20)16(19(24)25-2)22-17(23-18)12-4-5-12;1-26-16(25)13-12(18)15(24-14(23-13)10-5-6-10)22-8-9-3-2-4-11(7-9)17(19,20)21/h3,6-7,10,12H,4-5,8-9H2,1-2H3,(H,21,22,23);2-4,7,10H,5-6,8H2,1H3,(H,22,23,24). The lowest BCUT2D eigenvalue weighted by Crippen LogP contribution is -2.13. The molecule has 2 aromatic heterocycles. The van der Waals surface area contributed by atoms with Crippen LogP contribution in [0.15, 0.2) is 42.5 Å². The summed E-state index contributed by atoms with van der Waals surface area (Å²) in [6, 6.07) is 11.1. The number of nitrogens with one attached hydrogen (secondary N) is 2. The van der Waals surface area contributed by atoms with E-state index >= 15 is 0 Å². The van der Waals surface area contributed by atoms with Gasteiger partial charge in [-0.2, -0.15) is 13.2 Å². The van der Waals surface area contributed by atoms with Crippen molar-refractivity contribution in [2.45, 2.75) is 69.6 Å². The molecule has 7 rings (SSSR count). The molecule has 11 nitrogen and oxygen atoms in total. The number of methoxy groups -OCH3 is 2. The van der Waals surface area contributed by atoms with E-state index in [1.54, 1.807) is 6.07 Å². The molecule has 0 bridgehead atoms. The number of rotatable bonds is 10. The molecule has 3 heterocycles. The van der Waals surface area contributed by atoms with E-state index in [-0.39, 0.29) is 39.7 Å². The van der Waals surface area contributed by atoms with Crippen LogP contribution in [0.2, 0.25) is 10.0 Å². The van der Waals surface area contributed by atoms with Crippen LogP contribution in [0, 0.1) is 0 Å². The van der Waals surface area contributed by atoms with Gasteiger partial charge in [0, 0.05) is 36.4 Å². The van der Waals surface area contributed by atoms with E-state index in [1.165, 1.54) is 25.8 Å². The number of nitrogens with zero attached hydrogens (tertiary/aromatic N) is 4. The molecule has 274 valence electrons. The Balaban J connectivity index is 0.000000179. The number of hydrogen-bond acceptors (Lipinski definition) is 11. The largest absolute Gasteiger partial charge is 0.493 e. The zero-order valence-corrected chi connectivity index (χ0v) is 30.0. The molecule has 1 aliphatic heterocycles. The molecule has 0 saturated heterocycles. The molecule has 4 aromatic rings. The van der Waals surface area contributed by atoms with Crippen LogP contribution in [-0.4, -0.2) is 52.7 Å². The van der Waals surface area contributed by atoms with E-state index in [0.29, 0.717) is 41.4 Å². The Hall–Kier alpha value is -4.69. The van der Waals surface area contributed by atoms with Crippen LogP contribution in [0.25, 0.3) is 0 Å². The molecule has 2 aliphatic carbocycles. The minimum absolute atomic E-state index is 0.0202. The van der Waals surface area contributed by atoms with E-state index in [4.69, 9.17) is 32.7 Å². The molecule has 1 unspecified atom stereocenters. The fraction of sp³-hybridized carbons (Fsp3) is 0.389. The lowest BCUT2D eigenvalue weighted by molar-refractivity contribution is -0.137. The third-order valence-electron chi connectivity index (χ3n) is 8.65. The fourth-order valence-electron chi connectivity index (χ4n) is 5.43. The van der Waals surface area contributed by atoms with Crippen molar-refractivity contribution in [3.05, 3.63) is 97.8 Å². The maximum atomic E-state index is 12.8. The van der Waals surface area contributed by atoms with E-state index in [0.717, 1.165) is 55.7 Å². The summed E-state index contributed by atoms with van der Waals surface area (Å²) < 4.78 is 53.5. The van der Waals surface area contributed by atoms with Crippen molar-refractivity contribution >= 4 is 46.8 Å². The van der Waals surface area contributed by atoms with Crippen molar-refractivity contribution in [3.8, 4) is 5.75 Å². The maximum Gasteiger partial charge on any atom is 0.416 e. The van der Waals surface area contributed by atoms with Crippen molar-refractivity contribution in [2.75, 3.05) is 31.5 Å². The van der Waals surface area contributed by atoms with Gasteiger partial charge in [0.1, 0.15) is 39.1 Å². The average molecular weight is 760 g/mol. The molecule has 0 amide bonds. The van der Waals surface area contributed by atoms with Crippen molar-refractivity contribution in [2.24, 2.45) is 0 Å². The summed E-state index contributed by atoms with van der Waals surface area (Å²) in [6.07, 6.45) is -0.529. The smallest absolute Gasteiger partial charge is 0.416 e. The number of aromatic nitrogens is 4. The first-order valence-corrected chi connectivity index (χ1v) is 17.3. The van der Waals surface area contributed by atoms with Gasteiger partial charge in [-0.25, -0.2) is 29.5 Å². The zero-order chi connectivity index (χ0) is 37.2. The molecule has 2 N–H and O–H groups in total. The molecule has 0 spiro atoms. The summed E-state index contributed by atoms with van der Waals surface area (Å²) in [5.74, 6) is 2.33. The van der Waals surface area contributed by atoms with Crippen molar-refractivity contribution in [3.63, 3.8) is 0 Å². The van der Waals surface area contributed by atoms with Gasteiger partial charge in [0.2, 0.25) is 0 Å².